The number of carbonyl (C=O) groups excluding carboxylic acids is 1. The zero-order valence-electron chi connectivity index (χ0n) is 27.7. The van der Waals surface area contributed by atoms with E-state index in [2.05, 4.69) is 40.7 Å². The largest absolute Gasteiger partial charge is 0.473 e. The Morgan fingerprint density at radius 2 is 2.10 bits per heavy atom. The highest BCUT2D eigenvalue weighted by Crippen LogP contribution is 2.51. The lowest BCUT2D eigenvalue weighted by Crippen LogP contribution is -2.43. The van der Waals surface area contributed by atoms with Gasteiger partial charge in [-0.2, -0.15) is 10.2 Å². The molecule has 2 amide bonds. The van der Waals surface area contributed by atoms with Gasteiger partial charge in [-0.1, -0.05) is 5.21 Å². The fraction of sp³-hybridized carbons (Fsp3) is 0.545. The number of thiophene rings is 1. The summed E-state index contributed by atoms with van der Waals surface area (Å²) in [4.78, 5) is 25.9. The lowest BCUT2D eigenvalue weighted by atomic mass is 9.73. The number of carbonyl (C=O) groups is 1. The summed E-state index contributed by atoms with van der Waals surface area (Å²) in [6.07, 6.45) is 9.80. The first-order chi connectivity index (χ1) is 23.8. The molecule has 0 radical (unpaired) electrons. The number of anilines is 2. The molecule has 1 unspecified atom stereocenters. The predicted molar refractivity (Wildman–Crippen MR) is 182 cm³/mol. The molecule has 4 aliphatic rings. The van der Waals surface area contributed by atoms with Crippen molar-refractivity contribution in [2.24, 2.45) is 0 Å². The van der Waals surface area contributed by atoms with E-state index in [0.717, 1.165) is 75.6 Å². The van der Waals surface area contributed by atoms with Gasteiger partial charge in [0.25, 0.3) is 0 Å². The van der Waals surface area contributed by atoms with Crippen LogP contribution in [0.4, 0.5) is 15.6 Å². The quantitative estimate of drug-likeness (QED) is 0.258. The van der Waals surface area contributed by atoms with Crippen LogP contribution in [0.3, 0.4) is 0 Å². The Hall–Kier alpha value is -4.59. The second-order valence-corrected chi connectivity index (χ2v) is 14.6. The normalized spacial score (nSPS) is 23.9. The summed E-state index contributed by atoms with van der Waals surface area (Å²) in [6.45, 7) is 4.24. The highest BCUT2D eigenvalue weighted by atomic mass is 32.1. The molecule has 2 saturated heterocycles. The molecule has 4 N–H and O–H groups in total. The minimum absolute atomic E-state index is 0.0236. The molecule has 0 bridgehead atoms. The molecule has 4 aromatic rings. The summed E-state index contributed by atoms with van der Waals surface area (Å²) in [5.74, 6) is 1.62. The number of urea groups is 1. The van der Waals surface area contributed by atoms with E-state index in [4.69, 9.17) is 35.5 Å². The van der Waals surface area contributed by atoms with Gasteiger partial charge in [-0.15, -0.1) is 21.5 Å². The van der Waals surface area contributed by atoms with Crippen molar-refractivity contribution in [3.63, 3.8) is 0 Å². The fourth-order valence-corrected chi connectivity index (χ4v) is 9.26. The van der Waals surface area contributed by atoms with E-state index in [-0.39, 0.29) is 24.2 Å². The number of nitrogens with zero attached hydrogens (tertiary/aromatic N) is 9. The number of nitrogen functional groups attached to an aromatic ring is 1. The van der Waals surface area contributed by atoms with Gasteiger partial charge in [-0.05, 0) is 78.3 Å². The molecule has 4 atom stereocenters. The molecule has 16 heteroatoms. The number of nitrogens with one attached hydrogen (secondary N) is 2. The number of likely N-dealkylation sites (tertiary alicyclic amines) is 1. The maximum atomic E-state index is 12.6. The van der Waals surface area contributed by atoms with Crippen LogP contribution in [0.5, 0.6) is 5.88 Å². The van der Waals surface area contributed by atoms with Crippen LogP contribution in [0, 0.1) is 11.3 Å². The number of likely N-dealkylation sites (N-methyl/N-ethyl adjacent to an activating group) is 1. The highest BCUT2D eigenvalue weighted by molar-refractivity contribution is 7.16. The summed E-state index contributed by atoms with van der Waals surface area (Å²) in [6, 6.07) is 5.76. The number of aromatic nitrogens is 7. The Labute approximate surface area is 287 Å². The van der Waals surface area contributed by atoms with E-state index in [0.29, 0.717) is 52.8 Å². The molecule has 15 nitrogen and oxygen atoms in total. The summed E-state index contributed by atoms with van der Waals surface area (Å²) in [7, 11) is 2.12. The van der Waals surface area contributed by atoms with Crippen molar-refractivity contribution < 1.29 is 14.3 Å². The molecule has 0 saturated carbocycles. The molecule has 3 aliphatic heterocycles. The summed E-state index contributed by atoms with van der Waals surface area (Å²) in [5, 5.41) is 30.5. The Morgan fingerprint density at radius 3 is 2.88 bits per heavy atom. The second-order valence-electron chi connectivity index (χ2n) is 13.5. The summed E-state index contributed by atoms with van der Waals surface area (Å²) < 4.78 is 15.5. The van der Waals surface area contributed by atoms with Crippen molar-refractivity contribution >= 4 is 28.2 Å². The molecule has 1 aliphatic carbocycles. The third-order valence-electron chi connectivity index (χ3n) is 10.4. The van der Waals surface area contributed by atoms with Crippen molar-refractivity contribution in [3.8, 4) is 29.3 Å². The van der Waals surface area contributed by atoms with Gasteiger partial charge in [0, 0.05) is 41.4 Å². The zero-order chi connectivity index (χ0) is 33.7. The van der Waals surface area contributed by atoms with Crippen molar-refractivity contribution in [3.05, 3.63) is 40.0 Å². The van der Waals surface area contributed by atoms with Gasteiger partial charge in [0.15, 0.2) is 23.2 Å². The monoisotopic (exact) mass is 684 g/mol. The lowest BCUT2D eigenvalue weighted by Gasteiger charge is -2.41. The number of amides is 2. The molecule has 0 aromatic carbocycles. The molecule has 49 heavy (non-hydrogen) atoms. The number of hydrogen-bond donors (Lipinski definition) is 3. The molecule has 1 spiro atoms. The summed E-state index contributed by atoms with van der Waals surface area (Å²) in [5.41, 5.74) is 8.95. The smallest absolute Gasteiger partial charge is 0.320 e. The van der Waals surface area contributed by atoms with Crippen molar-refractivity contribution in [1.29, 1.82) is 5.26 Å². The van der Waals surface area contributed by atoms with Crippen LogP contribution in [0.1, 0.15) is 73.6 Å². The van der Waals surface area contributed by atoms with Crippen LogP contribution in [0.15, 0.2) is 18.3 Å². The first kappa shape index (κ1) is 31.7. The van der Waals surface area contributed by atoms with Crippen molar-refractivity contribution in [1.82, 2.24) is 45.0 Å². The summed E-state index contributed by atoms with van der Waals surface area (Å²) >= 11 is 1.52. The Kier molecular flexibility index (Phi) is 8.21. The van der Waals surface area contributed by atoms with Crippen LogP contribution in [0.2, 0.25) is 0 Å². The maximum absolute atomic E-state index is 12.6. The number of fused-ring (bicyclic) bond motifs is 4. The predicted octanol–water partition coefficient (Wildman–Crippen LogP) is 3.62. The first-order valence-corrected chi connectivity index (χ1v) is 17.9. The molecule has 4 aromatic heterocycles. The Balaban J connectivity index is 1.16. The Bertz CT molecular complexity index is 1920. The van der Waals surface area contributed by atoms with E-state index in [1.54, 1.807) is 23.0 Å². The number of aryl methyl sites for hydroxylation is 1. The van der Waals surface area contributed by atoms with Crippen LogP contribution in [-0.4, -0.2) is 90.7 Å². The minimum Gasteiger partial charge on any atom is -0.473 e. The second kappa shape index (κ2) is 12.7. The van der Waals surface area contributed by atoms with Crippen molar-refractivity contribution in [2.45, 2.75) is 88.4 Å². The van der Waals surface area contributed by atoms with Crippen LogP contribution in [-0.2, 0) is 23.1 Å². The van der Waals surface area contributed by atoms with Gasteiger partial charge in [0.05, 0.1) is 29.4 Å². The van der Waals surface area contributed by atoms with E-state index < -0.39 is 5.54 Å². The van der Waals surface area contributed by atoms with Crippen LogP contribution < -0.4 is 21.1 Å². The van der Waals surface area contributed by atoms with Crippen molar-refractivity contribution in [2.75, 3.05) is 37.9 Å². The van der Waals surface area contributed by atoms with Gasteiger partial charge in [-0.25, -0.2) is 19.1 Å². The SMILES string of the molecule is C[C@H](Oc1cc(-n2ccc(NC(=O)N[C@H]3CCOC3)n2)nc(-c2nnn3c2CCCC32CCCc3sc(N)c(C#N)c32)n1)[C@@H]1CCCN1C. The molecule has 2 fully saturated rings. The average Bonchev–Trinajstić information content (AvgIpc) is 3.92. The molecular weight excluding hydrogens is 645 g/mol. The van der Waals surface area contributed by atoms with Crippen LogP contribution >= 0.6 is 11.3 Å². The van der Waals surface area contributed by atoms with Gasteiger partial charge < -0.3 is 20.5 Å². The van der Waals surface area contributed by atoms with Gasteiger partial charge >= 0.3 is 6.03 Å². The van der Waals surface area contributed by atoms with E-state index >= 15 is 0 Å². The van der Waals surface area contributed by atoms with Gasteiger partial charge in [0.2, 0.25) is 5.88 Å². The third kappa shape index (κ3) is 5.69. The molecule has 7 heterocycles. The lowest BCUT2D eigenvalue weighted by molar-refractivity contribution is 0.117. The van der Waals surface area contributed by atoms with Gasteiger partial charge in [0.1, 0.15) is 17.2 Å². The van der Waals surface area contributed by atoms with E-state index in [9.17, 15) is 10.1 Å². The molecule has 8 rings (SSSR count). The zero-order valence-corrected chi connectivity index (χ0v) is 28.5. The number of ether oxygens (including phenoxy) is 2. The standard InChI is InChI=1S/C33H40N12O3S/c1-19(22-7-5-13-43(22)2)48-27-16-26(44-14-9-25(41-44)37-32(46)36-20-10-15-47-18-20)38-31(39-27)29-23-6-3-11-33(45(23)42-40-29)12-4-8-24-28(33)21(17-34)30(35)49-24/h9,14,16,19-20,22H,3-8,10-13,15,18,35H2,1-2H3,(H2,36,37,41,46)/t19-,20-,22-,33?/m0/s1. The topological polar surface area (TPSA) is 187 Å². The van der Waals surface area contributed by atoms with E-state index in [1.165, 1.54) is 16.2 Å². The Morgan fingerprint density at radius 1 is 1.24 bits per heavy atom. The van der Waals surface area contributed by atoms with Gasteiger partial charge in [-0.3, -0.25) is 10.2 Å². The number of nitrogens with two attached hydrogens (primary N) is 1. The number of rotatable bonds is 7. The first-order valence-electron chi connectivity index (χ1n) is 17.1. The molecule has 256 valence electrons. The number of hydrogen-bond acceptors (Lipinski definition) is 12. The third-order valence-corrected chi connectivity index (χ3v) is 11.5. The van der Waals surface area contributed by atoms with Crippen LogP contribution in [0.25, 0.3) is 17.3 Å². The fourth-order valence-electron chi connectivity index (χ4n) is 8.10. The molecular formula is C33H40N12O3S. The minimum atomic E-state index is -0.488. The average molecular weight is 685 g/mol. The van der Waals surface area contributed by atoms with E-state index in [1.807, 2.05) is 4.68 Å². The number of nitriles is 1. The highest BCUT2D eigenvalue weighted by Gasteiger charge is 2.47. The maximum Gasteiger partial charge on any atom is 0.320 e.